The van der Waals surface area contributed by atoms with E-state index in [-0.39, 0.29) is 5.97 Å². The standard InChI is InChI=1S/C6H8N2O2/c1-2-10-6(9)5-3-7-4-8-5/h3-4H,2H2,1H3,(H,7,8)/p+1. The van der Waals surface area contributed by atoms with Gasteiger partial charge < -0.3 is 4.74 Å². The second kappa shape index (κ2) is 3.12. The monoisotopic (exact) mass is 141 g/mol. The molecule has 0 radical (unpaired) electrons. The second-order valence-electron chi connectivity index (χ2n) is 1.77. The molecule has 0 amide bonds. The Morgan fingerprint density at radius 2 is 2.70 bits per heavy atom. The molecule has 1 heterocycles. The van der Waals surface area contributed by atoms with Crippen LogP contribution in [0.2, 0.25) is 0 Å². The summed E-state index contributed by atoms with van der Waals surface area (Å²) in [5.74, 6) is -0.306. The smallest absolute Gasteiger partial charge is 0.394 e. The number of nitrogens with zero attached hydrogens (tertiary/aromatic N) is 1. The third kappa shape index (κ3) is 1.41. The Kier molecular flexibility index (Phi) is 2.17. The van der Waals surface area contributed by atoms with Gasteiger partial charge in [0.1, 0.15) is 6.20 Å². The SMILES string of the molecule is CCOC(=O)C1=CN=C[NH2+]1. The molecule has 1 rings (SSSR count). The number of nitrogens with two attached hydrogens (primary N) is 1. The number of aliphatic imine (C=N–C) groups is 1. The minimum Gasteiger partial charge on any atom is -0.458 e. The molecule has 0 spiro atoms. The van der Waals surface area contributed by atoms with Crippen LogP contribution in [0.5, 0.6) is 0 Å². The van der Waals surface area contributed by atoms with Crippen LogP contribution in [0, 0.1) is 0 Å². The number of ether oxygens (including phenoxy) is 1. The van der Waals surface area contributed by atoms with E-state index < -0.39 is 0 Å². The summed E-state index contributed by atoms with van der Waals surface area (Å²) in [5, 5.41) is 1.62. The zero-order chi connectivity index (χ0) is 7.40. The van der Waals surface area contributed by atoms with Crippen LogP contribution in [-0.4, -0.2) is 18.9 Å². The van der Waals surface area contributed by atoms with Crippen molar-refractivity contribution >= 4 is 12.3 Å². The lowest BCUT2D eigenvalue weighted by Gasteiger charge is -1.96. The summed E-state index contributed by atoms with van der Waals surface area (Å²) in [6.07, 6.45) is 3.05. The third-order valence-electron chi connectivity index (χ3n) is 1.06. The first-order valence-electron chi connectivity index (χ1n) is 3.08. The van der Waals surface area contributed by atoms with Crippen molar-refractivity contribution in [3.8, 4) is 0 Å². The zero-order valence-electron chi connectivity index (χ0n) is 5.70. The van der Waals surface area contributed by atoms with Gasteiger partial charge in [-0.1, -0.05) is 0 Å². The van der Waals surface area contributed by atoms with Crippen LogP contribution in [0.1, 0.15) is 6.92 Å². The lowest BCUT2D eigenvalue weighted by Crippen LogP contribution is -2.80. The Morgan fingerprint density at radius 3 is 3.20 bits per heavy atom. The summed E-state index contributed by atoms with van der Waals surface area (Å²) in [5.41, 5.74) is 0.516. The molecule has 1 aliphatic rings. The lowest BCUT2D eigenvalue weighted by atomic mass is 10.5. The van der Waals surface area contributed by atoms with E-state index in [0.29, 0.717) is 12.3 Å². The Morgan fingerprint density at radius 1 is 1.90 bits per heavy atom. The number of quaternary nitrogens is 1. The number of hydrogen-bond donors (Lipinski definition) is 1. The van der Waals surface area contributed by atoms with Crippen LogP contribution in [0.25, 0.3) is 0 Å². The van der Waals surface area contributed by atoms with E-state index in [0.717, 1.165) is 0 Å². The Bertz CT molecular complexity index is 196. The summed E-state index contributed by atoms with van der Waals surface area (Å²) >= 11 is 0. The fourth-order valence-electron chi connectivity index (χ4n) is 0.625. The summed E-state index contributed by atoms with van der Waals surface area (Å²) < 4.78 is 4.71. The van der Waals surface area contributed by atoms with E-state index in [1.807, 2.05) is 0 Å². The summed E-state index contributed by atoms with van der Waals surface area (Å²) in [6.45, 7) is 2.18. The highest BCUT2D eigenvalue weighted by Gasteiger charge is 2.16. The van der Waals surface area contributed by atoms with Crippen molar-refractivity contribution in [1.29, 1.82) is 0 Å². The number of hydrogen-bond acceptors (Lipinski definition) is 3. The van der Waals surface area contributed by atoms with Gasteiger partial charge in [0.25, 0.3) is 0 Å². The van der Waals surface area contributed by atoms with Crippen LogP contribution in [0.4, 0.5) is 0 Å². The molecule has 54 valence electrons. The molecule has 0 saturated carbocycles. The first kappa shape index (κ1) is 6.95. The summed E-state index contributed by atoms with van der Waals surface area (Å²) in [4.78, 5) is 14.6. The van der Waals surface area contributed by atoms with Crippen molar-refractivity contribution in [3.63, 3.8) is 0 Å². The van der Waals surface area contributed by atoms with Crippen LogP contribution in [-0.2, 0) is 9.53 Å². The van der Waals surface area contributed by atoms with E-state index in [4.69, 9.17) is 4.74 Å². The molecule has 0 aromatic heterocycles. The molecule has 0 aromatic rings. The van der Waals surface area contributed by atoms with Crippen molar-refractivity contribution < 1.29 is 14.8 Å². The number of esters is 1. The quantitative estimate of drug-likeness (QED) is 0.501. The van der Waals surface area contributed by atoms with E-state index >= 15 is 0 Å². The van der Waals surface area contributed by atoms with Gasteiger partial charge in [0.05, 0.1) is 6.61 Å². The maximum atomic E-state index is 10.8. The summed E-state index contributed by atoms with van der Waals surface area (Å²) in [7, 11) is 0. The highest BCUT2D eigenvalue weighted by molar-refractivity contribution is 5.87. The highest BCUT2D eigenvalue weighted by atomic mass is 16.5. The number of carbonyl (C=O) groups is 1. The molecule has 1 aliphatic heterocycles. The van der Waals surface area contributed by atoms with Crippen LogP contribution >= 0.6 is 0 Å². The van der Waals surface area contributed by atoms with Gasteiger partial charge in [-0.15, -0.1) is 0 Å². The molecule has 0 saturated heterocycles. The normalized spacial score (nSPS) is 15.1. The van der Waals surface area contributed by atoms with E-state index in [2.05, 4.69) is 4.99 Å². The number of rotatable bonds is 2. The second-order valence-corrected chi connectivity index (χ2v) is 1.77. The molecular weight excluding hydrogens is 132 g/mol. The lowest BCUT2D eigenvalue weighted by molar-refractivity contribution is -0.465. The van der Waals surface area contributed by atoms with Crippen molar-refractivity contribution in [1.82, 2.24) is 0 Å². The molecule has 0 atom stereocenters. The Balaban J connectivity index is 2.43. The molecule has 4 nitrogen and oxygen atoms in total. The number of carbonyl (C=O) groups excluding carboxylic acids is 1. The van der Waals surface area contributed by atoms with Gasteiger partial charge in [-0.3, -0.25) is 5.32 Å². The zero-order valence-corrected chi connectivity index (χ0v) is 5.70. The topological polar surface area (TPSA) is 55.3 Å². The molecule has 10 heavy (non-hydrogen) atoms. The predicted molar refractivity (Wildman–Crippen MR) is 35.1 cm³/mol. The van der Waals surface area contributed by atoms with Gasteiger partial charge in [0.2, 0.25) is 5.70 Å². The maximum Gasteiger partial charge on any atom is 0.394 e. The van der Waals surface area contributed by atoms with Crippen molar-refractivity contribution in [3.05, 3.63) is 11.9 Å². The minimum atomic E-state index is -0.306. The molecule has 0 unspecified atom stereocenters. The molecule has 0 aliphatic carbocycles. The van der Waals surface area contributed by atoms with Gasteiger partial charge in [-0.25, -0.2) is 9.79 Å². The Labute approximate surface area is 58.6 Å². The van der Waals surface area contributed by atoms with Crippen LogP contribution < -0.4 is 5.32 Å². The third-order valence-corrected chi connectivity index (χ3v) is 1.06. The molecule has 0 bridgehead atoms. The molecule has 2 N–H and O–H groups in total. The van der Waals surface area contributed by atoms with Crippen LogP contribution in [0.3, 0.4) is 0 Å². The average molecular weight is 141 g/mol. The molecular formula is C6H9N2O2+. The van der Waals surface area contributed by atoms with E-state index in [1.165, 1.54) is 6.20 Å². The fourth-order valence-corrected chi connectivity index (χ4v) is 0.625. The first-order valence-corrected chi connectivity index (χ1v) is 3.08. The highest BCUT2D eigenvalue weighted by Crippen LogP contribution is 1.90. The predicted octanol–water partition coefficient (Wildman–Crippen LogP) is -1.00. The molecule has 0 fully saturated rings. The fraction of sp³-hybridized carbons (Fsp3) is 0.333. The van der Waals surface area contributed by atoms with Crippen molar-refractivity contribution in [2.45, 2.75) is 6.92 Å². The maximum absolute atomic E-state index is 10.8. The van der Waals surface area contributed by atoms with Crippen molar-refractivity contribution in [2.24, 2.45) is 4.99 Å². The van der Waals surface area contributed by atoms with Gasteiger partial charge in [0, 0.05) is 0 Å². The largest absolute Gasteiger partial charge is 0.458 e. The minimum absolute atomic E-state index is 0.306. The molecule has 0 aromatic carbocycles. The van der Waals surface area contributed by atoms with Crippen molar-refractivity contribution in [2.75, 3.05) is 6.61 Å². The van der Waals surface area contributed by atoms with Crippen LogP contribution in [0.15, 0.2) is 16.9 Å². The van der Waals surface area contributed by atoms with E-state index in [1.54, 1.807) is 18.6 Å². The average Bonchev–Trinajstić information content (AvgIpc) is 2.38. The van der Waals surface area contributed by atoms with Gasteiger partial charge in [0.15, 0.2) is 6.34 Å². The van der Waals surface area contributed by atoms with Gasteiger partial charge >= 0.3 is 5.97 Å². The van der Waals surface area contributed by atoms with Gasteiger partial charge in [-0.2, -0.15) is 0 Å². The molecule has 4 heteroatoms. The van der Waals surface area contributed by atoms with E-state index in [9.17, 15) is 4.79 Å². The first-order chi connectivity index (χ1) is 4.84. The summed E-state index contributed by atoms with van der Waals surface area (Å²) in [6, 6.07) is 0. The Hall–Kier alpha value is -1.16. The van der Waals surface area contributed by atoms with Gasteiger partial charge in [-0.05, 0) is 6.92 Å².